The molecule has 1 fully saturated rings. The zero-order valence-electron chi connectivity index (χ0n) is 15.0. The molecule has 0 bridgehead atoms. The number of benzene rings is 1. The number of amides is 1. The van der Waals surface area contributed by atoms with E-state index in [-0.39, 0.29) is 11.8 Å². The average Bonchev–Trinajstić information content (AvgIpc) is 3.34. The van der Waals surface area contributed by atoms with Gasteiger partial charge in [0, 0.05) is 38.1 Å². The van der Waals surface area contributed by atoms with Crippen molar-refractivity contribution in [1.29, 1.82) is 0 Å². The maximum atomic E-state index is 12.8. The van der Waals surface area contributed by atoms with Crippen molar-refractivity contribution in [2.24, 2.45) is 5.92 Å². The standard InChI is InChI=1S/C18H20ClN5O3/c1-23(8-6-16-20-11-26-22-16)17(25)12-3-2-7-24(10-12)18-21-14-9-13(19)4-5-15(14)27-18/h4-5,9,11-12H,2-3,6-8,10H2,1H3. The fraction of sp³-hybridized carbons (Fsp3) is 0.444. The Kier molecular flexibility index (Phi) is 4.98. The molecule has 1 unspecified atom stereocenters. The Balaban J connectivity index is 1.41. The first-order valence-corrected chi connectivity index (χ1v) is 9.29. The Labute approximate surface area is 161 Å². The molecule has 0 saturated carbocycles. The minimum atomic E-state index is -0.0902. The largest absolute Gasteiger partial charge is 0.423 e. The molecule has 1 aromatic carbocycles. The number of aromatic nitrogens is 3. The molecule has 142 valence electrons. The lowest BCUT2D eigenvalue weighted by atomic mass is 9.97. The average molecular weight is 390 g/mol. The molecule has 1 aliphatic heterocycles. The zero-order chi connectivity index (χ0) is 18.8. The molecule has 1 atom stereocenters. The van der Waals surface area contributed by atoms with E-state index in [1.807, 2.05) is 18.0 Å². The Morgan fingerprint density at radius 2 is 2.33 bits per heavy atom. The van der Waals surface area contributed by atoms with Gasteiger partial charge in [-0.1, -0.05) is 16.8 Å². The molecule has 4 rings (SSSR count). The summed E-state index contributed by atoms with van der Waals surface area (Å²) in [7, 11) is 1.81. The number of halogens is 1. The molecular formula is C18H20ClN5O3. The van der Waals surface area contributed by atoms with Crippen molar-refractivity contribution >= 4 is 34.6 Å². The predicted octanol–water partition coefficient (Wildman–Crippen LogP) is 2.78. The van der Waals surface area contributed by atoms with Crippen LogP contribution in [-0.2, 0) is 11.2 Å². The number of rotatable bonds is 5. The number of hydrogen-bond acceptors (Lipinski definition) is 7. The van der Waals surface area contributed by atoms with Gasteiger partial charge in [-0.15, -0.1) is 0 Å². The molecular weight excluding hydrogens is 370 g/mol. The number of anilines is 1. The van der Waals surface area contributed by atoms with E-state index in [4.69, 9.17) is 20.5 Å². The van der Waals surface area contributed by atoms with E-state index in [2.05, 4.69) is 15.1 Å². The molecule has 8 nitrogen and oxygen atoms in total. The number of carbonyl (C=O) groups is 1. The monoisotopic (exact) mass is 389 g/mol. The van der Waals surface area contributed by atoms with Crippen LogP contribution in [0.15, 0.2) is 33.5 Å². The Morgan fingerprint density at radius 1 is 1.44 bits per heavy atom. The van der Waals surface area contributed by atoms with E-state index in [9.17, 15) is 4.79 Å². The Morgan fingerprint density at radius 3 is 3.15 bits per heavy atom. The smallest absolute Gasteiger partial charge is 0.298 e. The number of nitrogens with zero attached hydrogens (tertiary/aromatic N) is 5. The Bertz CT molecular complexity index is 926. The lowest BCUT2D eigenvalue weighted by Gasteiger charge is -2.33. The van der Waals surface area contributed by atoms with Crippen molar-refractivity contribution in [3.63, 3.8) is 0 Å². The number of fused-ring (bicyclic) bond motifs is 1. The van der Waals surface area contributed by atoms with Crippen molar-refractivity contribution in [3.05, 3.63) is 35.4 Å². The number of piperidine rings is 1. The van der Waals surface area contributed by atoms with Gasteiger partial charge in [0.25, 0.3) is 6.01 Å². The normalized spacial score (nSPS) is 17.4. The molecule has 3 heterocycles. The second kappa shape index (κ2) is 7.56. The lowest BCUT2D eigenvalue weighted by molar-refractivity contribution is -0.134. The molecule has 0 N–H and O–H groups in total. The van der Waals surface area contributed by atoms with Crippen LogP contribution in [0.3, 0.4) is 0 Å². The van der Waals surface area contributed by atoms with Crippen molar-refractivity contribution in [2.45, 2.75) is 19.3 Å². The summed E-state index contributed by atoms with van der Waals surface area (Å²) in [5.74, 6) is 0.625. The zero-order valence-corrected chi connectivity index (χ0v) is 15.7. The third kappa shape index (κ3) is 3.90. The van der Waals surface area contributed by atoms with Crippen LogP contribution in [0.2, 0.25) is 5.02 Å². The van der Waals surface area contributed by atoms with Gasteiger partial charge in [-0.3, -0.25) is 4.79 Å². The molecule has 9 heteroatoms. The first-order valence-electron chi connectivity index (χ1n) is 8.91. The quantitative estimate of drug-likeness (QED) is 0.662. The highest BCUT2D eigenvalue weighted by atomic mass is 35.5. The van der Waals surface area contributed by atoms with Crippen LogP contribution < -0.4 is 4.90 Å². The van der Waals surface area contributed by atoms with Crippen molar-refractivity contribution in [1.82, 2.24) is 20.0 Å². The second-order valence-electron chi connectivity index (χ2n) is 6.75. The molecule has 0 radical (unpaired) electrons. The first kappa shape index (κ1) is 17.8. The fourth-order valence-corrected chi connectivity index (χ4v) is 3.53. The SMILES string of the molecule is CN(CCc1ncon1)C(=O)C1CCCN(c2nc3cc(Cl)ccc3o2)C1. The summed E-state index contributed by atoms with van der Waals surface area (Å²) in [4.78, 5) is 25.1. The van der Waals surface area contributed by atoms with Crippen LogP contribution in [0.5, 0.6) is 0 Å². The van der Waals surface area contributed by atoms with E-state index in [0.29, 0.717) is 42.0 Å². The minimum Gasteiger partial charge on any atom is -0.423 e. The van der Waals surface area contributed by atoms with Gasteiger partial charge < -0.3 is 18.7 Å². The third-order valence-corrected chi connectivity index (χ3v) is 5.07. The van der Waals surface area contributed by atoms with Gasteiger partial charge in [0.2, 0.25) is 12.3 Å². The van der Waals surface area contributed by atoms with Gasteiger partial charge >= 0.3 is 0 Å². The topological polar surface area (TPSA) is 88.5 Å². The fourth-order valence-electron chi connectivity index (χ4n) is 3.37. The summed E-state index contributed by atoms with van der Waals surface area (Å²) in [6.07, 6.45) is 3.63. The van der Waals surface area contributed by atoms with Gasteiger partial charge in [0.15, 0.2) is 11.4 Å². The van der Waals surface area contributed by atoms with Gasteiger partial charge in [-0.2, -0.15) is 9.97 Å². The van der Waals surface area contributed by atoms with Crippen molar-refractivity contribution in [2.75, 3.05) is 31.6 Å². The van der Waals surface area contributed by atoms with E-state index < -0.39 is 0 Å². The molecule has 1 amide bonds. The maximum absolute atomic E-state index is 12.8. The molecule has 1 saturated heterocycles. The van der Waals surface area contributed by atoms with E-state index in [1.54, 1.807) is 17.0 Å². The molecule has 2 aromatic heterocycles. The number of carbonyl (C=O) groups excluding carboxylic acids is 1. The van der Waals surface area contributed by atoms with Gasteiger partial charge in [-0.25, -0.2) is 0 Å². The summed E-state index contributed by atoms with van der Waals surface area (Å²) in [5, 5.41) is 4.40. The Hall–Kier alpha value is -2.61. The van der Waals surface area contributed by atoms with E-state index in [1.165, 1.54) is 6.39 Å². The van der Waals surface area contributed by atoms with Crippen molar-refractivity contribution < 1.29 is 13.7 Å². The van der Waals surface area contributed by atoms with Crippen LogP contribution in [0.25, 0.3) is 11.1 Å². The minimum absolute atomic E-state index is 0.0902. The molecule has 3 aromatic rings. The molecule has 0 aliphatic carbocycles. The first-order chi connectivity index (χ1) is 13.1. The van der Waals surface area contributed by atoms with Crippen LogP contribution >= 0.6 is 11.6 Å². The number of oxazole rings is 1. The number of hydrogen-bond donors (Lipinski definition) is 0. The molecule has 27 heavy (non-hydrogen) atoms. The summed E-state index contributed by atoms with van der Waals surface area (Å²) in [6, 6.07) is 5.91. The van der Waals surface area contributed by atoms with Crippen LogP contribution in [0.1, 0.15) is 18.7 Å². The summed E-state index contributed by atoms with van der Waals surface area (Å²) in [6.45, 7) is 1.96. The molecule has 1 aliphatic rings. The van der Waals surface area contributed by atoms with Crippen LogP contribution in [0.4, 0.5) is 6.01 Å². The van der Waals surface area contributed by atoms with Gasteiger partial charge in [0.05, 0.1) is 5.92 Å². The lowest BCUT2D eigenvalue weighted by Crippen LogP contribution is -2.44. The second-order valence-corrected chi connectivity index (χ2v) is 7.19. The van der Waals surface area contributed by atoms with Gasteiger partial charge in [0.1, 0.15) is 5.52 Å². The molecule has 0 spiro atoms. The third-order valence-electron chi connectivity index (χ3n) is 4.83. The van der Waals surface area contributed by atoms with Crippen LogP contribution in [-0.4, -0.2) is 52.6 Å². The number of likely N-dealkylation sites (N-methyl/N-ethyl adjacent to an activating group) is 1. The van der Waals surface area contributed by atoms with E-state index >= 15 is 0 Å². The van der Waals surface area contributed by atoms with E-state index in [0.717, 1.165) is 24.9 Å². The summed E-state index contributed by atoms with van der Waals surface area (Å²) in [5.41, 5.74) is 1.42. The highest BCUT2D eigenvalue weighted by Crippen LogP contribution is 2.28. The maximum Gasteiger partial charge on any atom is 0.298 e. The highest BCUT2D eigenvalue weighted by Gasteiger charge is 2.30. The van der Waals surface area contributed by atoms with Gasteiger partial charge in [-0.05, 0) is 31.0 Å². The van der Waals surface area contributed by atoms with Crippen molar-refractivity contribution in [3.8, 4) is 0 Å². The summed E-state index contributed by atoms with van der Waals surface area (Å²) >= 11 is 6.02. The summed E-state index contributed by atoms with van der Waals surface area (Å²) < 4.78 is 10.6. The van der Waals surface area contributed by atoms with Crippen LogP contribution in [0, 0.1) is 5.92 Å². The highest BCUT2D eigenvalue weighted by molar-refractivity contribution is 6.31. The predicted molar refractivity (Wildman–Crippen MR) is 99.6 cm³/mol.